The normalized spacial score (nSPS) is 15.2. The van der Waals surface area contributed by atoms with Gasteiger partial charge in [0.1, 0.15) is 11.5 Å². The summed E-state index contributed by atoms with van der Waals surface area (Å²) >= 11 is 0. The van der Waals surface area contributed by atoms with Crippen LogP contribution in [0.25, 0.3) is 21.5 Å². The number of fused-ring (bicyclic) bond motifs is 2. The Bertz CT molecular complexity index is 1030. The quantitative estimate of drug-likeness (QED) is 0.314. The van der Waals surface area contributed by atoms with Crippen LogP contribution in [0.3, 0.4) is 0 Å². The summed E-state index contributed by atoms with van der Waals surface area (Å²) in [6.07, 6.45) is 8.81. The van der Waals surface area contributed by atoms with E-state index in [1.54, 1.807) is 0 Å². The number of hydrogen-bond acceptors (Lipinski definition) is 2. The lowest BCUT2D eigenvalue weighted by atomic mass is 9.83. The molecule has 0 aliphatic heterocycles. The first-order valence-corrected chi connectivity index (χ1v) is 12.8. The Kier molecular flexibility index (Phi) is 7.60. The maximum atomic E-state index is 6.53. The van der Waals surface area contributed by atoms with Gasteiger partial charge in [0.05, 0.1) is 13.2 Å². The van der Waals surface area contributed by atoms with E-state index < -0.39 is 0 Å². The van der Waals surface area contributed by atoms with E-state index in [0.29, 0.717) is 17.8 Å². The van der Waals surface area contributed by atoms with E-state index in [4.69, 9.17) is 9.47 Å². The van der Waals surface area contributed by atoms with Crippen LogP contribution in [0.2, 0.25) is 0 Å². The summed E-state index contributed by atoms with van der Waals surface area (Å²) in [5, 5.41) is 4.74. The molecule has 1 saturated carbocycles. The zero-order valence-electron chi connectivity index (χ0n) is 20.5. The second-order valence-corrected chi connectivity index (χ2v) is 10.4. The van der Waals surface area contributed by atoms with Crippen molar-refractivity contribution >= 4 is 21.5 Å². The molecule has 32 heavy (non-hydrogen) atoms. The SMILES string of the molecule is CC(C)CCOc1c2ccccc2c(OCCC(C)C)c2cc(C3CCCCC3)ccc12. The maximum Gasteiger partial charge on any atom is 0.135 e. The Morgan fingerprint density at radius 2 is 1.22 bits per heavy atom. The van der Waals surface area contributed by atoms with Crippen LogP contribution in [-0.4, -0.2) is 13.2 Å². The van der Waals surface area contributed by atoms with Crippen LogP contribution in [0.1, 0.15) is 84.1 Å². The first-order valence-electron chi connectivity index (χ1n) is 12.8. The fourth-order valence-electron chi connectivity index (χ4n) is 4.91. The van der Waals surface area contributed by atoms with Gasteiger partial charge >= 0.3 is 0 Å². The highest BCUT2D eigenvalue weighted by Gasteiger charge is 2.20. The van der Waals surface area contributed by atoms with Crippen molar-refractivity contribution in [3.05, 3.63) is 48.0 Å². The van der Waals surface area contributed by atoms with Crippen LogP contribution >= 0.6 is 0 Å². The molecule has 0 spiro atoms. The van der Waals surface area contributed by atoms with Gasteiger partial charge in [-0.3, -0.25) is 0 Å². The number of benzene rings is 3. The molecule has 0 saturated heterocycles. The van der Waals surface area contributed by atoms with Crippen LogP contribution in [0, 0.1) is 11.8 Å². The van der Waals surface area contributed by atoms with Crippen molar-refractivity contribution in [3.8, 4) is 11.5 Å². The van der Waals surface area contributed by atoms with Gasteiger partial charge in [0.25, 0.3) is 0 Å². The summed E-state index contributed by atoms with van der Waals surface area (Å²) in [7, 11) is 0. The van der Waals surface area contributed by atoms with Crippen LogP contribution in [0.5, 0.6) is 11.5 Å². The predicted octanol–water partition coefficient (Wildman–Crippen LogP) is 8.89. The molecule has 1 aliphatic rings. The molecule has 172 valence electrons. The average Bonchev–Trinajstić information content (AvgIpc) is 2.80. The Morgan fingerprint density at radius 3 is 1.78 bits per heavy atom. The van der Waals surface area contributed by atoms with Gasteiger partial charge in [-0.15, -0.1) is 0 Å². The Labute approximate surface area is 194 Å². The molecule has 4 rings (SSSR count). The highest BCUT2D eigenvalue weighted by atomic mass is 16.5. The number of ether oxygens (including phenoxy) is 2. The van der Waals surface area contributed by atoms with Crippen molar-refractivity contribution < 1.29 is 9.47 Å². The molecule has 2 nitrogen and oxygen atoms in total. The Balaban J connectivity index is 1.83. The van der Waals surface area contributed by atoms with Crippen molar-refractivity contribution in [1.82, 2.24) is 0 Å². The summed E-state index contributed by atoms with van der Waals surface area (Å²) in [6, 6.07) is 15.7. The number of rotatable bonds is 9. The molecule has 0 heterocycles. The zero-order valence-corrected chi connectivity index (χ0v) is 20.5. The largest absolute Gasteiger partial charge is 0.492 e. The summed E-state index contributed by atoms with van der Waals surface area (Å²) in [5.41, 5.74) is 1.47. The van der Waals surface area contributed by atoms with E-state index in [1.807, 2.05) is 0 Å². The minimum atomic E-state index is 0.629. The van der Waals surface area contributed by atoms with Gasteiger partial charge in [-0.05, 0) is 55.1 Å². The van der Waals surface area contributed by atoms with E-state index in [0.717, 1.165) is 42.9 Å². The molecule has 3 aromatic carbocycles. The summed E-state index contributed by atoms with van der Waals surface area (Å²) in [4.78, 5) is 0. The van der Waals surface area contributed by atoms with Crippen LogP contribution < -0.4 is 9.47 Å². The molecule has 0 aromatic heterocycles. The third-order valence-corrected chi connectivity index (χ3v) is 6.91. The summed E-state index contributed by atoms with van der Waals surface area (Å²) < 4.78 is 13.0. The van der Waals surface area contributed by atoms with Crippen molar-refractivity contribution in [3.63, 3.8) is 0 Å². The van der Waals surface area contributed by atoms with Gasteiger partial charge < -0.3 is 9.47 Å². The molecule has 0 N–H and O–H groups in total. The van der Waals surface area contributed by atoms with Gasteiger partial charge in [0, 0.05) is 21.5 Å². The molecule has 2 heteroatoms. The van der Waals surface area contributed by atoms with Crippen molar-refractivity contribution in [2.45, 2.75) is 78.6 Å². The number of hydrogen-bond donors (Lipinski definition) is 0. The molecule has 0 bridgehead atoms. The van der Waals surface area contributed by atoms with Gasteiger partial charge in [-0.1, -0.05) is 83.4 Å². The van der Waals surface area contributed by atoms with Crippen LogP contribution in [0.4, 0.5) is 0 Å². The Morgan fingerprint density at radius 1 is 0.688 bits per heavy atom. The fourth-order valence-corrected chi connectivity index (χ4v) is 4.91. The van der Waals surface area contributed by atoms with Crippen molar-refractivity contribution in [2.24, 2.45) is 11.8 Å². The average molecular weight is 433 g/mol. The second-order valence-electron chi connectivity index (χ2n) is 10.4. The fraction of sp³-hybridized carbons (Fsp3) is 0.533. The molecule has 3 aromatic rings. The van der Waals surface area contributed by atoms with Gasteiger partial charge in [-0.25, -0.2) is 0 Å². The van der Waals surface area contributed by atoms with Gasteiger partial charge in [-0.2, -0.15) is 0 Å². The van der Waals surface area contributed by atoms with Crippen LogP contribution in [-0.2, 0) is 0 Å². The first-order chi connectivity index (χ1) is 15.5. The standard InChI is InChI=1S/C30H40O2/c1-21(2)16-18-31-29-25-12-8-9-13-26(25)30(32-19-17-22(3)4)28-20-24(14-15-27(28)29)23-10-6-5-7-11-23/h8-9,12-15,20-23H,5-7,10-11,16-19H2,1-4H3. The van der Waals surface area contributed by atoms with Crippen LogP contribution in [0.15, 0.2) is 42.5 Å². The molecular weight excluding hydrogens is 392 g/mol. The molecule has 1 fully saturated rings. The molecule has 0 radical (unpaired) electrons. The molecule has 0 atom stereocenters. The Hall–Kier alpha value is -2.22. The highest BCUT2D eigenvalue weighted by Crippen LogP contribution is 2.45. The third kappa shape index (κ3) is 5.22. The van der Waals surface area contributed by atoms with Crippen molar-refractivity contribution in [1.29, 1.82) is 0 Å². The van der Waals surface area contributed by atoms with E-state index >= 15 is 0 Å². The molecule has 1 aliphatic carbocycles. The molecule has 0 amide bonds. The maximum absolute atomic E-state index is 6.53. The second kappa shape index (κ2) is 10.6. The van der Waals surface area contributed by atoms with Gasteiger partial charge in [0.15, 0.2) is 0 Å². The molecular formula is C30H40O2. The van der Waals surface area contributed by atoms with E-state index in [2.05, 4.69) is 70.2 Å². The highest BCUT2D eigenvalue weighted by molar-refractivity contribution is 6.11. The van der Waals surface area contributed by atoms with Gasteiger partial charge in [0.2, 0.25) is 0 Å². The van der Waals surface area contributed by atoms with E-state index in [1.165, 1.54) is 53.8 Å². The summed E-state index contributed by atoms with van der Waals surface area (Å²) in [6.45, 7) is 10.5. The van der Waals surface area contributed by atoms with E-state index in [9.17, 15) is 0 Å². The molecule has 0 unspecified atom stereocenters. The van der Waals surface area contributed by atoms with Crippen molar-refractivity contribution in [2.75, 3.05) is 13.2 Å². The lowest BCUT2D eigenvalue weighted by molar-refractivity contribution is 0.291. The lowest BCUT2D eigenvalue weighted by Crippen LogP contribution is -2.07. The smallest absolute Gasteiger partial charge is 0.135 e. The minimum Gasteiger partial charge on any atom is -0.492 e. The third-order valence-electron chi connectivity index (χ3n) is 6.91. The topological polar surface area (TPSA) is 18.5 Å². The monoisotopic (exact) mass is 432 g/mol. The van der Waals surface area contributed by atoms with E-state index in [-0.39, 0.29) is 0 Å². The lowest BCUT2D eigenvalue weighted by Gasteiger charge is -2.24. The minimum absolute atomic E-state index is 0.629. The predicted molar refractivity (Wildman–Crippen MR) is 137 cm³/mol. The zero-order chi connectivity index (χ0) is 22.5. The summed E-state index contributed by atoms with van der Waals surface area (Å²) in [5.74, 6) is 3.98. The first kappa shape index (κ1) is 23.0.